The Balaban J connectivity index is 2.19. The van der Waals surface area contributed by atoms with Crippen LogP contribution in [0.4, 0.5) is 0 Å². The number of ether oxygens (including phenoxy) is 1. The number of nitrogens with zero attached hydrogens (tertiary/aromatic N) is 1. The van der Waals surface area contributed by atoms with E-state index >= 15 is 0 Å². The van der Waals surface area contributed by atoms with E-state index in [-0.39, 0.29) is 24.0 Å². The van der Waals surface area contributed by atoms with Gasteiger partial charge in [0, 0.05) is 17.1 Å². The molecule has 32 heavy (non-hydrogen) atoms. The summed E-state index contributed by atoms with van der Waals surface area (Å²) in [7, 11) is 0. The van der Waals surface area contributed by atoms with Crippen LogP contribution in [0.3, 0.4) is 0 Å². The summed E-state index contributed by atoms with van der Waals surface area (Å²) in [6.45, 7) is 11.8. The zero-order valence-electron chi connectivity index (χ0n) is 20.0. The summed E-state index contributed by atoms with van der Waals surface area (Å²) in [6, 6.07) is 13.0. The van der Waals surface area contributed by atoms with Crippen molar-refractivity contribution in [3.05, 3.63) is 64.2 Å². The van der Waals surface area contributed by atoms with E-state index in [1.165, 1.54) is 0 Å². The Labute approximate surface area is 197 Å². The Bertz CT molecular complexity index is 899. The second-order valence-electron chi connectivity index (χ2n) is 9.15. The van der Waals surface area contributed by atoms with Gasteiger partial charge < -0.3 is 15.0 Å². The van der Waals surface area contributed by atoms with Gasteiger partial charge in [-0.2, -0.15) is 0 Å². The van der Waals surface area contributed by atoms with Crippen LogP contribution in [0.25, 0.3) is 0 Å². The van der Waals surface area contributed by atoms with E-state index in [2.05, 4.69) is 5.32 Å². The molecular weight excluding hydrogens is 424 g/mol. The highest BCUT2D eigenvalue weighted by Gasteiger charge is 2.30. The third kappa shape index (κ3) is 7.56. The fourth-order valence-electron chi connectivity index (χ4n) is 3.57. The molecule has 0 fully saturated rings. The normalized spacial score (nSPS) is 12.2. The Morgan fingerprint density at radius 2 is 1.69 bits per heavy atom. The van der Waals surface area contributed by atoms with Gasteiger partial charge >= 0.3 is 0 Å². The van der Waals surface area contributed by atoms with Crippen molar-refractivity contribution >= 4 is 23.4 Å². The second-order valence-corrected chi connectivity index (χ2v) is 9.52. The molecule has 0 aromatic heterocycles. The average molecular weight is 459 g/mol. The highest BCUT2D eigenvalue weighted by atomic mass is 35.5. The number of aryl methyl sites for hydroxylation is 2. The topological polar surface area (TPSA) is 58.6 Å². The van der Waals surface area contributed by atoms with Crippen LogP contribution in [-0.2, 0) is 16.0 Å². The van der Waals surface area contributed by atoms with Crippen LogP contribution in [0.5, 0.6) is 5.75 Å². The number of rotatable bonds is 9. The van der Waals surface area contributed by atoms with Crippen LogP contribution in [-0.4, -0.2) is 41.4 Å². The largest absolute Gasteiger partial charge is 0.484 e. The number of carbonyl (C=O) groups excluding carboxylic acids is 2. The first-order valence-corrected chi connectivity index (χ1v) is 11.4. The van der Waals surface area contributed by atoms with Crippen molar-refractivity contribution in [1.29, 1.82) is 0 Å². The molecule has 0 radical (unpaired) electrons. The Morgan fingerprint density at radius 1 is 1.09 bits per heavy atom. The fraction of sp³-hybridized carbons (Fsp3) is 0.462. The van der Waals surface area contributed by atoms with Gasteiger partial charge in [0.25, 0.3) is 5.91 Å². The van der Waals surface area contributed by atoms with Crippen molar-refractivity contribution in [2.24, 2.45) is 0 Å². The smallest absolute Gasteiger partial charge is 0.261 e. The van der Waals surface area contributed by atoms with Crippen LogP contribution in [0.15, 0.2) is 42.5 Å². The summed E-state index contributed by atoms with van der Waals surface area (Å²) < 4.78 is 5.81. The molecule has 0 aliphatic carbocycles. The minimum atomic E-state index is -0.567. The third-order valence-electron chi connectivity index (χ3n) is 5.14. The first-order valence-electron chi connectivity index (χ1n) is 11.1. The molecule has 2 rings (SSSR count). The Kier molecular flexibility index (Phi) is 9.14. The van der Waals surface area contributed by atoms with Crippen LogP contribution in [0.1, 0.15) is 50.8 Å². The van der Waals surface area contributed by atoms with Crippen LogP contribution >= 0.6 is 11.6 Å². The van der Waals surface area contributed by atoms with Gasteiger partial charge in [-0.3, -0.25) is 9.59 Å². The molecule has 0 unspecified atom stereocenters. The summed E-state index contributed by atoms with van der Waals surface area (Å²) in [5.41, 5.74) is 2.52. The molecule has 5 nitrogen and oxygen atoms in total. The predicted molar refractivity (Wildman–Crippen MR) is 130 cm³/mol. The van der Waals surface area contributed by atoms with E-state index in [1.807, 2.05) is 84.0 Å². The summed E-state index contributed by atoms with van der Waals surface area (Å²) in [6.07, 6.45) is 1.17. The standard InChI is InChI=1S/C26H35ClN2O3/c1-7-22(25(31)28-26(4,5)6)29(14-13-20-11-9-8-10-12-20)23(30)17-32-21-15-18(2)24(27)19(3)16-21/h8-12,15-16,22H,7,13-14,17H2,1-6H3,(H,28,31)/t22-/m1/s1. The maximum atomic E-state index is 13.2. The number of hydrogen-bond donors (Lipinski definition) is 1. The summed E-state index contributed by atoms with van der Waals surface area (Å²) in [4.78, 5) is 27.9. The van der Waals surface area contributed by atoms with Gasteiger partial charge in [-0.1, -0.05) is 48.9 Å². The maximum Gasteiger partial charge on any atom is 0.261 e. The number of carbonyl (C=O) groups is 2. The molecule has 0 saturated carbocycles. The monoisotopic (exact) mass is 458 g/mol. The number of amides is 2. The summed E-state index contributed by atoms with van der Waals surface area (Å²) in [5, 5.41) is 3.70. The number of halogens is 1. The molecule has 0 saturated heterocycles. The predicted octanol–water partition coefficient (Wildman–Crippen LogP) is 5.10. The molecule has 2 aromatic rings. The zero-order valence-corrected chi connectivity index (χ0v) is 20.8. The molecule has 2 aromatic carbocycles. The molecular formula is C26H35ClN2O3. The summed E-state index contributed by atoms with van der Waals surface area (Å²) >= 11 is 6.24. The quantitative estimate of drug-likeness (QED) is 0.568. The lowest BCUT2D eigenvalue weighted by Gasteiger charge is -2.33. The maximum absolute atomic E-state index is 13.2. The fourth-order valence-corrected chi connectivity index (χ4v) is 3.68. The minimum absolute atomic E-state index is 0.144. The van der Waals surface area contributed by atoms with E-state index in [0.29, 0.717) is 30.2 Å². The first-order chi connectivity index (χ1) is 15.0. The van der Waals surface area contributed by atoms with Crippen LogP contribution in [0, 0.1) is 13.8 Å². The molecule has 2 amide bonds. The van der Waals surface area contributed by atoms with Crippen molar-refractivity contribution in [1.82, 2.24) is 10.2 Å². The molecule has 0 heterocycles. The molecule has 6 heteroatoms. The van der Waals surface area contributed by atoms with Gasteiger partial charge in [0.2, 0.25) is 5.91 Å². The lowest BCUT2D eigenvalue weighted by atomic mass is 10.1. The van der Waals surface area contributed by atoms with E-state index in [4.69, 9.17) is 16.3 Å². The number of nitrogens with one attached hydrogen (secondary N) is 1. The molecule has 0 bridgehead atoms. The average Bonchev–Trinajstić information content (AvgIpc) is 2.72. The SMILES string of the molecule is CC[C@H](C(=O)NC(C)(C)C)N(CCc1ccccc1)C(=O)COc1cc(C)c(Cl)c(C)c1. The first kappa shape index (κ1) is 25.7. The van der Waals surface area contributed by atoms with Crippen molar-refractivity contribution in [3.8, 4) is 5.75 Å². The molecule has 0 aliphatic rings. The lowest BCUT2D eigenvalue weighted by Crippen LogP contribution is -2.54. The van der Waals surface area contributed by atoms with E-state index in [0.717, 1.165) is 16.7 Å². The Morgan fingerprint density at radius 3 is 2.22 bits per heavy atom. The lowest BCUT2D eigenvalue weighted by molar-refractivity contribution is -0.142. The van der Waals surface area contributed by atoms with Gasteiger partial charge in [0.1, 0.15) is 11.8 Å². The van der Waals surface area contributed by atoms with E-state index < -0.39 is 6.04 Å². The molecule has 1 atom stereocenters. The van der Waals surface area contributed by atoms with Gasteiger partial charge in [-0.15, -0.1) is 0 Å². The van der Waals surface area contributed by atoms with Crippen LogP contribution in [0.2, 0.25) is 5.02 Å². The van der Waals surface area contributed by atoms with Crippen molar-refractivity contribution in [2.75, 3.05) is 13.2 Å². The zero-order chi connectivity index (χ0) is 23.9. The van der Waals surface area contributed by atoms with Gasteiger partial charge in [-0.05, 0) is 76.3 Å². The van der Waals surface area contributed by atoms with Crippen molar-refractivity contribution in [3.63, 3.8) is 0 Å². The number of hydrogen-bond acceptors (Lipinski definition) is 3. The third-order valence-corrected chi connectivity index (χ3v) is 5.74. The van der Waals surface area contributed by atoms with E-state index in [1.54, 1.807) is 4.90 Å². The van der Waals surface area contributed by atoms with E-state index in [9.17, 15) is 9.59 Å². The van der Waals surface area contributed by atoms with Gasteiger partial charge in [0.15, 0.2) is 6.61 Å². The highest BCUT2D eigenvalue weighted by Crippen LogP contribution is 2.26. The highest BCUT2D eigenvalue weighted by molar-refractivity contribution is 6.32. The second kappa shape index (κ2) is 11.4. The number of benzene rings is 2. The van der Waals surface area contributed by atoms with Crippen molar-refractivity contribution < 1.29 is 14.3 Å². The Hall–Kier alpha value is -2.53. The minimum Gasteiger partial charge on any atom is -0.484 e. The van der Waals surface area contributed by atoms with Crippen molar-refractivity contribution in [2.45, 2.75) is 66.0 Å². The summed E-state index contributed by atoms with van der Waals surface area (Å²) in [5.74, 6) is 0.217. The molecule has 0 aliphatic heterocycles. The molecule has 1 N–H and O–H groups in total. The van der Waals surface area contributed by atoms with Crippen LogP contribution < -0.4 is 10.1 Å². The van der Waals surface area contributed by atoms with Gasteiger partial charge in [-0.25, -0.2) is 0 Å². The molecule has 0 spiro atoms. The molecule has 174 valence electrons. The van der Waals surface area contributed by atoms with Gasteiger partial charge in [0.05, 0.1) is 0 Å².